The second-order valence-corrected chi connectivity index (χ2v) is 9.86. The highest BCUT2D eigenvalue weighted by Gasteiger charge is 2.28. The third kappa shape index (κ3) is 5.26. The maximum Gasteiger partial charge on any atom is 0.274 e. The second-order valence-electron chi connectivity index (χ2n) is 7.57. The number of nitrogens with zero attached hydrogens (tertiary/aromatic N) is 4. The van der Waals surface area contributed by atoms with E-state index in [9.17, 15) is 13.2 Å². The van der Waals surface area contributed by atoms with Gasteiger partial charge < -0.3 is 14.5 Å². The number of aromatic nitrogens is 2. The van der Waals surface area contributed by atoms with Gasteiger partial charge in [0.25, 0.3) is 5.91 Å². The van der Waals surface area contributed by atoms with Crippen molar-refractivity contribution in [3.63, 3.8) is 0 Å². The molecular formula is C23H23ClN4O4S. The van der Waals surface area contributed by atoms with Gasteiger partial charge in [-0.15, -0.1) is 0 Å². The Labute approximate surface area is 197 Å². The van der Waals surface area contributed by atoms with E-state index >= 15 is 0 Å². The molecule has 0 bridgehead atoms. The van der Waals surface area contributed by atoms with Gasteiger partial charge in [0.1, 0.15) is 5.75 Å². The van der Waals surface area contributed by atoms with Gasteiger partial charge in [0, 0.05) is 31.9 Å². The molecule has 2 heterocycles. The molecule has 0 radical (unpaired) electrons. The van der Waals surface area contributed by atoms with E-state index in [4.69, 9.17) is 16.3 Å². The maximum atomic E-state index is 13.1. The van der Waals surface area contributed by atoms with Crippen LogP contribution in [0.2, 0.25) is 5.02 Å². The van der Waals surface area contributed by atoms with Crippen molar-refractivity contribution in [2.24, 2.45) is 0 Å². The van der Waals surface area contributed by atoms with Crippen LogP contribution in [-0.2, 0) is 15.6 Å². The van der Waals surface area contributed by atoms with Crippen molar-refractivity contribution < 1.29 is 17.9 Å². The van der Waals surface area contributed by atoms with Crippen LogP contribution in [-0.4, -0.2) is 62.5 Å². The zero-order valence-electron chi connectivity index (χ0n) is 18.0. The molecule has 1 fully saturated rings. The molecule has 10 heteroatoms. The summed E-state index contributed by atoms with van der Waals surface area (Å²) < 4.78 is 30.8. The maximum absolute atomic E-state index is 13.1. The lowest BCUT2D eigenvalue weighted by Gasteiger charge is -2.36. The topological polar surface area (TPSA) is 92.7 Å². The summed E-state index contributed by atoms with van der Waals surface area (Å²) >= 11 is 6.18. The average Bonchev–Trinajstić information content (AvgIpc) is 2.84. The molecule has 0 unspecified atom stereocenters. The smallest absolute Gasteiger partial charge is 0.274 e. The number of sulfone groups is 1. The number of rotatable bonds is 6. The van der Waals surface area contributed by atoms with E-state index in [1.165, 1.54) is 6.20 Å². The third-order valence-electron chi connectivity index (χ3n) is 5.41. The van der Waals surface area contributed by atoms with Gasteiger partial charge in [-0.05, 0) is 29.8 Å². The number of hydrogen-bond donors (Lipinski definition) is 0. The van der Waals surface area contributed by atoms with Crippen molar-refractivity contribution in [2.45, 2.75) is 10.9 Å². The van der Waals surface area contributed by atoms with E-state index in [0.717, 1.165) is 11.4 Å². The number of benzene rings is 2. The number of hydrogen-bond acceptors (Lipinski definition) is 7. The van der Waals surface area contributed by atoms with E-state index in [1.807, 2.05) is 24.3 Å². The lowest BCUT2D eigenvalue weighted by atomic mass is 10.2. The van der Waals surface area contributed by atoms with Crippen LogP contribution < -0.4 is 9.64 Å². The largest absolute Gasteiger partial charge is 0.497 e. The number of carbonyl (C=O) groups is 1. The van der Waals surface area contributed by atoms with Crippen LogP contribution >= 0.6 is 11.6 Å². The van der Waals surface area contributed by atoms with Crippen molar-refractivity contribution in [2.75, 3.05) is 38.2 Å². The Morgan fingerprint density at radius 3 is 2.33 bits per heavy atom. The molecule has 0 N–H and O–H groups in total. The van der Waals surface area contributed by atoms with Gasteiger partial charge in [-0.1, -0.05) is 41.9 Å². The fourth-order valence-corrected chi connectivity index (χ4v) is 5.00. The predicted octanol–water partition coefficient (Wildman–Crippen LogP) is 3.07. The zero-order valence-corrected chi connectivity index (χ0v) is 19.6. The number of carbonyl (C=O) groups excluding carboxylic acids is 1. The van der Waals surface area contributed by atoms with Crippen molar-refractivity contribution in [1.29, 1.82) is 0 Å². The second kappa shape index (κ2) is 9.76. The van der Waals surface area contributed by atoms with Crippen LogP contribution in [0, 0.1) is 0 Å². The third-order valence-corrected chi connectivity index (χ3v) is 7.15. The van der Waals surface area contributed by atoms with Crippen LogP contribution in [0.1, 0.15) is 16.1 Å². The predicted molar refractivity (Wildman–Crippen MR) is 125 cm³/mol. The number of ether oxygens (including phenoxy) is 1. The molecule has 2 aromatic carbocycles. The first-order valence-corrected chi connectivity index (χ1v) is 12.4. The highest BCUT2D eigenvalue weighted by atomic mass is 35.5. The van der Waals surface area contributed by atoms with Crippen molar-refractivity contribution in [3.8, 4) is 5.75 Å². The molecule has 1 amide bonds. The Morgan fingerprint density at radius 2 is 1.70 bits per heavy atom. The number of methoxy groups -OCH3 is 1. The number of anilines is 1. The molecule has 1 saturated heterocycles. The van der Waals surface area contributed by atoms with E-state index in [1.54, 1.807) is 42.3 Å². The minimum Gasteiger partial charge on any atom is -0.497 e. The molecule has 0 atom stereocenters. The van der Waals surface area contributed by atoms with Gasteiger partial charge in [0.15, 0.2) is 5.69 Å². The molecule has 33 heavy (non-hydrogen) atoms. The van der Waals surface area contributed by atoms with E-state index < -0.39 is 20.9 Å². The summed E-state index contributed by atoms with van der Waals surface area (Å²) in [4.78, 5) is 24.8. The lowest BCUT2D eigenvalue weighted by molar-refractivity contribution is 0.0740. The van der Waals surface area contributed by atoms with Crippen molar-refractivity contribution in [1.82, 2.24) is 14.9 Å². The first-order valence-electron chi connectivity index (χ1n) is 10.3. The molecule has 172 valence electrons. The van der Waals surface area contributed by atoms with Gasteiger partial charge in [-0.3, -0.25) is 4.79 Å². The van der Waals surface area contributed by atoms with Crippen LogP contribution in [0.4, 0.5) is 5.69 Å². The molecule has 8 nitrogen and oxygen atoms in total. The highest BCUT2D eigenvalue weighted by Crippen LogP contribution is 2.23. The average molecular weight is 487 g/mol. The van der Waals surface area contributed by atoms with Gasteiger partial charge in [0.05, 0.1) is 24.1 Å². The minimum atomic E-state index is -3.84. The van der Waals surface area contributed by atoms with E-state index in [-0.39, 0.29) is 16.5 Å². The van der Waals surface area contributed by atoms with Crippen molar-refractivity contribution in [3.05, 3.63) is 77.1 Å². The Bertz CT molecular complexity index is 1230. The summed E-state index contributed by atoms with van der Waals surface area (Å²) in [7, 11) is -2.22. The van der Waals surface area contributed by atoms with Gasteiger partial charge in [0.2, 0.25) is 15.0 Å². The Kier molecular flexibility index (Phi) is 6.80. The number of halogens is 1. The Balaban J connectivity index is 1.47. The van der Waals surface area contributed by atoms with Gasteiger partial charge in [-0.2, -0.15) is 0 Å². The summed E-state index contributed by atoms with van der Waals surface area (Å²) in [6.45, 7) is 2.16. The molecule has 1 aliphatic heterocycles. The van der Waals surface area contributed by atoms with E-state index in [0.29, 0.717) is 31.7 Å². The summed E-state index contributed by atoms with van der Waals surface area (Å²) in [6, 6.07) is 16.5. The zero-order chi connectivity index (χ0) is 23.4. The van der Waals surface area contributed by atoms with Crippen LogP contribution in [0.15, 0.2) is 66.0 Å². The fraction of sp³-hybridized carbons (Fsp3) is 0.261. The summed E-state index contributed by atoms with van der Waals surface area (Å²) in [5.74, 6) is 0.112. The molecule has 1 aliphatic rings. The highest BCUT2D eigenvalue weighted by molar-refractivity contribution is 7.90. The first kappa shape index (κ1) is 23.0. The van der Waals surface area contributed by atoms with Crippen LogP contribution in [0.5, 0.6) is 5.75 Å². The van der Waals surface area contributed by atoms with Crippen LogP contribution in [0.3, 0.4) is 0 Å². The fourth-order valence-electron chi connectivity index (χ4n) is 3.62. The number of amides is 1. The lowest BCUT2D eigenvalue weighted by Crippen LogP contribution is -2.49. The standard InChI is InChI=1S/C23H23ClN4O4S/c1-32-19-9-7-18(8-10-19)27-11-13-28(14-12-27)22(29)21-20(24)15-25-23(26-21)33(30,31)16-17-5-3-2-4-6-17/h2-10,15H,11-14,16H2,1H3. The summed E-state index contributed by atoms with van der Waals surface area (Å²) in [5.41, 5.74) is 1.55. The molecule has 1 aromatic heterocycles. The SMILES string of the molecule is COc1ccc(N2CCN(C(=O)c3nc(S(=O)(=O)Cc4ccccc4)ncc3Cl)CC2)cc1. The summed E-state index contributed by atoms with van der Waals surface area (Å²) in [5, 5.41) is -0.382. The molecule has 0 spiro atoms. The first-order chi connectivity index (χ1) is 15.9. The normalized spacial score (nSPS) is 14.2. The monoisotopic (exact) mass is 486 g/mol. The number of piperazine rings is 1. The molecule has 0 saturated carbocycles. The minimum absolute atomic E-state index is 0.0243. The van der Waals surface area contributed by atoms with Crippen LogP contribution in [0.25, 0.3) is 0 Å². The quantitative estimate of drug-likeness (QED) is 0.494. The molecule has 0 aliphatic carbocycles. The summed E-state index contributed by atoms with van der Waals surface area (Å²) in [6.07, 6.45) is 1.17. The van der Waals surface area contributed by atoms with E-state index in [2.05, 4.69) is 14.9 Å². The molecule has 4 rings (SSSR count). The molecule has 3 aromatic rings. The Morgan fingerprint density at radius 1 is 1.03 bits per heavy atom. The van der Waals surface area contributed by atoms with Gasteiger partial charge in [-0.25, -0.2) is 18.4 Å². The van der Waals surface area contributed by atoms with Crippen molar-refractivity contribution >= 4 is 33.0 Å². The Hall–Kier alpha value is -3.17. The molecular weight excluding hydrogens is 464 g/mol. The van der Waals surface area contributed by atoms with Gasteiger partial charge >= 0.3 is 0 Å².